The van der Waals surface area contributed by atoms with Gasteiger partial charge in [0.2, 0.25) is 21.8 Å². The quantitative estimate of drug-likeness (QED) is 0.263. The molecule has 3 rings (SSSR count). The zero-order valence-corrected chi connectivity index (χ0v) is 25.3. The van der Waals surface area contributed by atoms with Crippen LogP contribution in [0.3, 0.4) is 0 Å². The van der Waals surface area contributed by atoms with Crippen molar-refractivity contribution in [2.24, 2.45) is 0 Å². The van der Waals surface area contributed by atoms with Crippen molar-refractivity contribution in [3.8, 4) is 5.75 Å². The lowest BCUT2D eigenvalue weighted by molar-refractivity contribution is -0.141. The number of nitrogens with zero attached hydrogens (tertiary/aromatic N) is 2. The number of halogens is 1. The number of nitrogens with one attached hydrogen (secondary N) is 1. The van der Waals surface area contributed by atoms with E-state index in [1.165, 1.54) is 4.31 Å². The molecule has 8 nitrogen and oxygen atoms in total. The molecule has 41 heavy (non-hydrogen) atoms. The first kappa shape index (κ1) is 32.0. The second kappa shape index (κ2) is 15.4. The van der Waals surface area contributed by atoms with Gasteiger partial charge in [0.05, 0.1) is 18.6 Å². The predicted molar refractivity (Wildman–Crippen MR) is 164 cm³/mol. The summed E-state index contributed by atoms with van der Waals surface area (Å²) in [5.74, 6) is -0.0627. The Hall–Kier alpha value is -3.56. The van der Waals surface area contributed by atoms with Gasteiger partial charge in [0.15, 0.2) is 0 Å². The van der Waals surface area contributed by atoms with Gasteiger partial charge in [0, 0.05) is 37.5 Å². The minimum absolute atomic E-state index is 0.0358. The molecule has 0 saturated heterocycles. The minimum Gasteiger partial charge on any atom is -0.492 e. The molecular weight excluding hydrogens is 562 g/mol. The number of para-hydroxylation sites is 2. The molecular formula is C31H38ClN3O5S. The van der Waals surface area contributed by atoms with Crippen molar-refractivity contribution in [1.29, 1.82) is 0 Å². The molecule has 0 aliphatic rings. The molecule has 10 heteroatoms. The molecule has 0 unspecified atom stereocenters. The van der Waals surface area contributed by atoms with E-state index in [0.29, 0.717) is 36.0 Å². The summed E-state index contributed by atoms with van der Waals surface area (Å²) < 4.78 is 32.4. The molecule has 3 aromatic rings. The molecule has 0 spiro atoms. The maximum Gasteiger partial charge on any atom is 0.243 e. The number of carbonyl (C=O) groups excluding carboxylic acids is 2. The molecule has 220 valence electrons. The maximum absolute atomic E-state index is 13.8. The fourth-order valence-electron chi connectivity index (χ4n) is 4.60. The highest BCUT2D eigenvalue weighted by molar-refractivity contribution is 7.92. The van der Waals surface area contributed by atoms with E-state index in [1.807, 2.05) is 50.2 Å². The van der Waals surface area contributed by atoms with Crippen LogP contribution in [-0.4, -0.2) is 57.1 Å². The van der Waals surface area contributed by atoms with Gasteiger partial charge >= 0.3 is 0 Å². The summed E-state index contributed by atoms with van der Waals surface area (Å²) in [6.45, 7) is 4.72. The number of sulfonamides is 1. The molecule has 1 N–H and O–H groups in total. The fraction of sp³-hybridized carbons (Fsp3) is 0.355. The summed E-state index contributed by atoms with van der Waals surface area (Å²) in [6.07, 6.45) is 1.74. The zero-order valence-electron chi connectivity index (χ0n) is 23.8. The number of benzene rings is 3. The Kier molecular flexibility index (Phi) is 12.0. The smallest absolute Gasteiger partial charge is 0.243 e. The van der Waals surface area contributed by atoms with Crippen LogP contribution in [0.1, 0.15) is 37.8 Å². The number of hydrogen-bond acceptors (Lipinski definition) is 5. The van der Waals surface area contributed by atoms with Gasteiger partial charge in [0.25, 0.3) is 0 Å². The number of carbonyl (C=O) groups is 2. The normalized spacial score (nSPS) is 11.9. The van der Waals surface area contributed by atoms with Crippen molar-refractivity contribution < 1.29 is 22.7 Å². The molecule has 1 atom stereocenters. The van der Waals surface area contributed by atoms with Crippen molar-refractivity contribution in [3.63, 3.8) is 0 Å². The Morgan fingerprint density at radius 2 is 1.63 bits per heavy atom. The van der Waals surface area contributed by atoms with E-state index in [4.69, 9.17) is 16.3 Å². The molecule has 0 saturated carbocycles. The topological polar surface area (TPSA) is 96.0 Å². The van der Waals surface area contributed by atoms with Crippen molar-refractivity contribution in [2.45, 2.75) is 45.7 Å². The van der Waals surface area contributed by atoms with Crippen molar-refractivity contribution in [2.75, 3.05) is 30.3 Å². The first-order chi connectivity index (χ1) is 19.6. The Morgan fingerprint density at radius 1 is 0.951 bits per heavy atom. The molecule has 2 amide bonds. The third-order valence-corrected chi connectivity index (χ3v) is 7.87. The van der Waals surface area contributed by atoms with Gasteiger partial charge in [0.1, 0.15) is 11.8 Å². The van der Waals surface area contributed by atoms with E-state index in [0.717, 1.165) is 17.4 Å². The van der Waals surface area contributed by atoms with Crippen LogP contribution in [-0.2, 0) is 32.6 Å². The van der Waals surface area contributed by atoms with Crippen molar-refractivity contribution in [1.82, 2.24) is 10.2 Å². The van der Waals surface area contributed by atoms with Gasteiger partial charge in [-0.15, -0.1) is 0 Å². The molecule has 0 aromatic heterocycles. The first-order valence-corrected chi connectivity index (χ1v) is 15.9. The Morgan fingerprint density at radius 3 is 2.29 bits per heavy atom. The lowest BCUT2D eigenvalue weighted by Crippen LogP contribution is -2.50. The van der Waals surface area contributed by atoms with Gasteiger partial charge in [-0.05, 0) is 55.7 Å². The summed E-state index contributed by atoms with van der Waals surface area (Å²) in [5, 5.41) is 3.40. The fourth-order valence-corrected chi connectivity index (χ4v) is 5.78. The minimum atomic E-state index is -3.66. The molecule has 0 bridgehead atoms. The van der Waals surface area contributed by atoms with Crippen LogP contribution in [0.4, 0.5) is 5.69 Å². The molecule has 3 aromatic carbocycles. The van der Waals surface area contributed by atoms with Crippen LogP contribution in [0.2, 0.25) is 5.02 Å². The lowest BCUT2D eigenvalue weighted by atomic mass is 10.0. The molecule has 0 radical (unpaired) electrons. The largest absolute Gasteiger partial charge is 0.492 e. The molecule has 0 fully saturated rings. The summed E-state index contributed by atoms with van der Waals surface area (Å²) in [7, 11) is -3.66. The third-order valence-electron chi connectivity index (χ3n) is 6.45. The number of anilines is 1. The van der Waals surface area contributed by atoms with E-state index < -0.39 is 16.1 Å². The summed E-state index contributed by atoms with van der Waals surface area (Å²) in [6, 6.07) is 22.9. The maximum atomic E-state index is 13.8. The van der Waals surface area contributed by atoms with E-state index >= 15 is 0 Å². The van der Waals surface area contributed by atoms with Crippen LogP contribution < -0.4 is 14.4 Å². The number of likely N-dealkylation sites (N-methyl/N-ethyl adjacent to an activating group) is 1. The lowest BCUT2D eigenvalue weighted by Gasteiger charge is -2.32. The van der Waals surface area contributed by atoms with Crippen LogP contribution in [0, 0.1) is 0 Å². The van der Waals surface area contributed by atoms with E-state index in [9.17, 15) is 18.0 Å². The Balaban J connectivity index is 1.88. The van der Waals surface area contributed by atoms with E-state index in [-0.39, 0.29) is 37.7 Å². The molecule has 0 aliphatic carbocycles. The van der Waals surface area contributed by atoms with Gasteiger partial charge in [-0.3, -0.25) is 13.9 Å². The second-order valence-corrected chi connectivity index (χ2v) is 11.9. The van der Waals surface area contributed by atoms with Gasteiger partial charge in [-0.1, -0.05) is 66.2 Å². The molecule has 0 aliphatic heterocycles. The predicted octanol–water partition coefficient (Wildman–Crippen LogP) is 5.06. The number of rotatable bonds is 15. The van der Waals surface area contributed by atoms with Crippen LogP contribution in [0.15, 0.2) is 78.9 Å². The average molecular weight is 600 g/mol. The average Bonchev–Trinajstić information content (AvgIpc) is 2.93. The molecule has 0 heterocycles. The first-order valence-electron chi connectivity index (χ1n) is 13.7. The third kappa shape index (κ3) is 9.50. The van der Waals surface area contributed by atoms with Gasteiger partial charge in [-0.25, -0.2) is 8.42 Å². The highest BCUT2D eigenvalue weighted by Gasteiger charge is 2.30. The monoisotopic (exact) mass is 599 g/mol. The summed E-state index contributed by atoms with van der Waals surface area (Å²) in [5.41, 5.74) is 2.13. The summed E-state index contributed by atoms with van der Waals surface area (Å²) >= 11 is 6.23. The number of amides is 2. The highest BCUT2D eigenvalue weighted by atomic mass is 35.5. The van der Waals surface area contributed by atoms with Gasteiger partial charge in [-0.2, -0.15) is 0 Å². The summed E-state index contributed by atoms with van der Waals surface area (Å²) in [4.78, 5) is 28.7. The number of ether oxygens (including phenoxy) is 1. The standard InChI is InChI=1S/C31H38ClN3O5S/c1-4-33-31(37)28(22-24-13-7-6-8-14-24)34(23-25-15-11-16-26(32)21-25)30(36)19-12-20-35(41(3,38)39)27-17-9-10-18-29(27)40-5-2/h6-11,13-18,21,28H,4-5,12,19-20,22-23H2,1-3H3,(H,33,37)/t28-/m0/s1. The Bertz CT molecular complexity index is 1400. The van der Waals surface area contributed by atoms with Crippen molar-refractivity contribution >= 4 is 39.1 Å². The van der Waals surface area contributed by atoms with Crippen LogP contribution >= 0.6 is 11.6 Å². The zero-order chi connectivity index (χ0) is 29.8. The second-order valence-electron chi connectivity index (χ2n) is 9.59. The number of hydrogen-bond donors (Lipinski definition) is 1. The van der Waals surface area contributed by atoms with Gasteiger partial charge < -0.3 is 15.0 Å². The van der Waals surface area contributed by atoms with Crippen molar-refractivity contribution in [3.05, 3.63) is 95.0 Å². The Labute approximate surface area is 248 Å². The van der Waals surface area contributed by atoms with E-state index in [2.05, 4.69) is 5.32 Å². The highest BCUT2D eigenvalue weighted by Crippen LogP contribution is 2.30. The van der Waals surface area contributed by atoms with E-state index in [1.54, 1.807) is 47.4 Å². The van der Waals surface area contributed by atoms with Crippen LogP contribution in [0.5, 0.6) is 5.75 Å². The van der Waals surface area contributed by atoms with Crippen LogP contribution in [0.25, 0.3) is 0 Å². The SMILES string of the molecule is CCNC(=O)[C@H](Cc1ccccc1)N(Cc1cccc(Cl)c1)C(=O)CCCN(c1ccccc1OCC)S(C)(=O)=O.